The molecule has 0 fully saturated rings. The molecule has 0 aliphatic heterocycles. The minimum absolute atomic E-state index is 0.254. The van der Waals surface area contributed by atoms with Gasteiger partial charge in [0.05, 0.1) is 0 Å². The minimum Gasteiger partial charge on any atom is -0.0622 e. The zero-order chi connectivity index (χ0) is 13.2. The molecule has 1 aromatic carbocycles. The highest BCUT2D eigenvalue weighted by Gasteiger charge is 2.20. The summed E-state index contributed by atoms with van der Waals surface area (Å²) >= 11 is 0. The first-order valence-electron chi connectivity index (χ1n) is 6.84. The molecule has 0 amide bonds. The van der Waals surface area contributed by atoms with Crippen LogP contribution in [0.2, 0.25) is 0 Å². The second-order valence-electron chi connectivity index (χ2n) is 6.89. The van der Waals surface area contributed by atoms with Crippen molar-refractivity contribution >= 4 is 0 Å². The fourth-order valence-corrected chi connectivity index (χ4v) is 2.74. The number of hydrogen-bond donors (Lipinski definition) is 0. The van der Waals surface area contributed by atoms with Gasteiger partial charge in [-0.05, 0) is 34.3 Å². The lowest BCUT2D eigenvalue weighted by Crippen LogP contribution is -2.15. The van der Waals surface area contributed by atoms with Crippen LogP contribution < -0.4 is 0 Å². The summed E-state index contributed by atoms with van der Waals surface area (Å²) in [7, 11) is 0. The maximum Gasteiger partial charge on any atom is -0.0116 e. The Bertz CT molecular complexity index is 327. The fraction of sp³-hybridized carbons (Fsp3) is 0.647. The van der Waals surface area contributed by atoms with E-state index < -0.39 is 0 Å². The predicted molar refractivity (Wildman–Crippen MR) is 77.6 cm³/mol. The smallest absolute Gasteiger partial charge is 0.0116 e. The molecule has 0 nitrogen and oxygen atoms in total. The summed E-state index contributed by atoms with van der Waals surface area (Å²) in [6, 6.07) is 9.25. The molecule has 0 spiro atoms. The lowest BCUT2D eigenvalue weighted by atomic mass is 9.78. The summed E-state index contributed by atoms with van der Waals surface area (Å²) in [6.07, 6.45) is 0. The van der Waals surface area contributed by atoms with Crippen LogP contribution in [0.1, 0.15) is 65.5 Å². The van der Waals surface area contributed by atoms with Gasteiger partial charge in [-0.3, -0.25) is 0 Å². The standard InChI is InChI=1S/C17H28/c1-12(2)16(13(3)4)14-8-10-15(11-9-14)17(5,6)7/h8-13,16H,1-7H3. The van der Waals surface area contributed by atoms with Gasteiger partial charge in [0, 0.05) is 0 Å². The molecule has 0 heteroatoms. The van der Waals surface area contributed by atoms with E-state index in [2.05, 4.69) is 72.7 Å². The van der Waals surface area contributed by atoms with Crippen LogP contribution in [0.5, 0.6) is 0 Å². The van der Waals surface area contributed by atoms with E-state index in [4.69, 9.17) is 0 Å². The predicted octanol–water partition coefficient (Wildman–Crippen LogP) is 5.38. The van der Waals surface area contributed by atoms with Gasteiger partial charge in [-0.25, -0.2) is 0 Å². The minimum atomic E-state index is 0.254. The molecule has 1 rings (SSSR count). The van der Waals surface area contributed by atoms with Crippen LogP contribution in [-0.4, -0.2) is 0 Å². The van der Waals surface area contributed by atoms with Gasteiger partial charge in [0.2, 0.25) is 0 Å². The highest BCUT2D eigenvalue weighted by atomic mass is 14.2. The van der Waals surface area contributed by atoms with Gasteiger partial charge < -0.3 is 0 Å². The quantitative estimate of drug-likeness (QED) is 0.656. The zero-order valence-corrected chi connectivity index (χ0v) is 12.5. The first kappa shape index (κ1) is 14.3. The van der Waals surface area contributed by atoms with Gasteiger partial charge in [-0.15, -0.1) is 0 Å². The van der Waals surface area contributed by atoms with E-state index in [0.29, 0.717) is 17.8 Å². The Hall–Kier alpha value is -0.780. The largest absolute Gasteiger partial charge is 0.0622 e. The van der Waals surface area contributed by atoms with Crippen molar-refractivity contribution in [2.45, 2.75) is 59.8 Å². The van der Waals surface area contributed by atoms with Crippen LogP contribution in [0.25, 0.3) is 0 Å². The summed E-state index contributed by atoms with van der Waals surface area (Å²) in [5.74, 6) is 2.08. The van der Waals surface area contributed by atoms with Gasteiger partial charge in [0.25, 0.3) is 0 Å². The maximum atomic E-state index is 2.32. The Morgan fingerprint density at radius 3 is 1.47 bits per heavy atom. The third-order valence-electron chi connectivity index (χ3n) is 3.60. The van der Waals surface area contributed by atoms with E-state index in [1.807, 2.05) is 0 Å². The third-order valence-corrected chi connectivity index (χ3v) is 3.60. The Kier molecular flexibility index (Phi) is 4.41. The van der Waals surface area contributed by atoms with E-state index in [1.54, 1.807) is 0 Å². The Morgan fingerprint density at radius 2 is 1.18 bits per heavy atom. The van der Waals surface area contributed by atoms with E-state index in [9.17, 15) is 0 Å². The van der Waals surface area contributed by atoms with E-state index in [0.717, 1.165) is 0 Å². The van der Waals surface area contributed by atoms with Gasteiger partial charge >= 0.3 is 0 Å². The molecule has 17 heavy (non-hydrogen) atoms. The van der Waals surface area contributed by atoms with Crippen molar-refractivity contribution in [3.8, 4) is 0 Å². The number of hydrogen-bond acceptors (Lipinski definition) is 0. The van der Waals surface area contributed by atoms with E-state index in [-0.39, 0.29) is 5.41 Å². The summed E-state index contributed by atoms with van der Waals surface area (Å²) < 4.78 is 0. The molecule has 0 saturated carbocycles. The number of benzene rings is 1. The van der Waals surface area contributed by atoms with Crippen molar-refractivity contribution in [3.05, 3.63) is 35.4 Å². The van der Waals surface area contributed by atoms with Crippen LogP contribution >= 0.6 is 0 Å². The number of rotatable bonds is 3. The topological polar surface area (TPSA) is 0 Å². The van der Waals surface area contributed by atoms with Crippen LogP contribution in [0, 0.1) is 11.8 Å². The first-order valence-corrected chi connectivity index (χ1v) is 6.84. The van der Waals surface area contributed by atoms with Crippen molar-refractivity contribution in [1.29, 1.82) is 0 Å². The second-order valence-corrected chi connectivity index (χ2v) is 6.89. The molecule has 0 heterocycles. The Morgan fingerprint density at radius 1 is 0.765 bits per heavy atom. The van der Waals surface area contributed by atoms with Crippen molar-refractivity contribution in [2.24, 2.45) is 11.8 Å². The van der Waals surface area contributed by atoms with Gasteiger partial charge in [0.1, 0.15) is 0 Å². The SMILES string of the molecule is CC(C)C(c1ccc(C(C)(C)C)cc1)C(C)C. The summed E-state index contributed by atoms with van der Waals surface area (Å²) in [5.41, 5.74) is 3.17. The molecule has 1 aromatic rings. The fourth-order valence-electron chi connectivity index (χ4n) is 2.74. The average molecular weight is 232 g/mol. The van der Waals surface area contributed by atoms with Gasteiger partial charge in [-0.1, -0.05) is 72.7 Å². The molecule has 0 aliphatic rings. The molecule has 0 aromatic heterocycles. The molecule has 0 saturated heterocycles. The summed E-state index contributed by atoms with van der Waals surface area (Å²) in [6.45, 7) is 16.1. The van der Waals surface area contributed by atoms with Crippen LogP contribution in [0.4, 0.5) is 0 Å². The van der Waals surface area contributed by atoms with Crippen molar-refractivity contribution < 1.29 is 0 Å². The lowest BCUT2D eigenvalue weighted by Gasteiger charge is -2.26. The molecule has 0 bridgehead atoms. The average Bonchev–Trinajstić information content (AvgIpc) is 2.15. The molecular formula is C17H28. The second kappa shape index (κ2) is 5.25. The molecular weight excluding hydrogens is 204 g/mol. The summed E-state index contributed by atoms with van der Waals surface area (Å²) in [5, 5.41) is 0. The van der Waals surface area contributed by atoms with E-state index >= 15 is 0 Å². The molecule has 0 unspecified atom stereocenters. The molecule has 0 atom stereocenters. The molecule has 96 valence electrons. The third kappa shape index (κ3) is 3.59. The van der Waals surface area contributed by atoms with E-state index in [1.165, 1.54) is 11.1 Å². The van der Waals surface area contributed by atoms with Gasteiger partial charge in [-0.2, -0.15) is 0 Å². The van der Waals surface area contributed by atoms with Crippen molar-refractivity contribution in [3.63, 3.8) is 0 Å². The first-order chi connectivity index (χ1) is 7.73. The van der Waals surface area contributed by atoms with Crippen LogP contribution in [0.3, 0.4) is 0 Å². The Balaban J connectivity index is 3.01. The monoisotopic (exact) mass is 232 g/mol. The van der Waals surface area contributed by atoms with Crippen LogP contribution in [0.15, 0.2) is 24.3 Å². The van der Waals surface area contributed by atoms with Gasteiger partial charge in [0.15, 0.2) is 0 Å². The molecule has 0 N–H and O–H groups in total. The highest BCUT2D eigenvalue weighted by molar-refractivity contribution is 5.30. The maximum absolute atomic E-state index is 2.32. The molecule has 0 radical (unpaired) electrons. The lowest BCUT2D eigenvalue weighted by molar-refractivity contribution is 0.387. The van der Waals surface area contributed by atoms with Crippen LogP contribution in [-0.2, 0) is 5.41 Å². The molecule has 0 aliphatic carbocycles. The highest BCUT2D eigenvalue weighted by Crippen LogP contribution is 2.33. The summed E-state index contributed by atoms with van der Waals surface area (Å²) in [4.78, 5) is 0. The zero-order valence-electron chi connectivity index (χ0n) is 12.5. The van der Waals surface area contributed by atoms with Crippen molar-refractivity contribution in [2.75, 3.05) is 0 Å². The van der Waals surface area contributed by atoms with Crippen molar-refractivity contribution in [1.82, 2.24) is 0 Å². The Labute approximate surface area is 107 Å². The normalized spacial score (nSPS) is 12.8.